The van der Waals surface area contributed by atoms with E-state index in [1.807, 2.05) is 23.9 Å². The van der Waals surface area contributed by atoms with Crippen LogP contribution in [0.4, 0.5) is 0 Å². The normalized spacial score (nSPS) is 12.4. The highest BCUT2D eigenvalue weighted by atomic mass is 32.2. The quantitative estimate of drug-likeness (QED) is 0.743. The molecule has 0 bridgehead atoms. The number of methoxy groups -OCH3 is 1. The summed E-state index contributed by atoms with van der Waals surface area (Å²) in [6.45, 7) is 2.98. The summed E-state index contributed by atoms with van der Waals surface area (Å²) in [6, 6.07) is 8.29. The number of aryl methyl sites for hydroxylation is 1. The Bertz CT molecular complexity index is 286. The fraction of sp³-hybridized carbons (Fsp3) is 0.538. The van der Waals surface area contributed by atoms with E-state index in [-0.39, 0.29) is 0 Å². The van der Waals surface area contributed by atoms with Gasteiger partial charge in [0, 0.05) is 0 Å². The van der Waals surface area contributed by atoms with E-state index in [9.17, 15) is 0 Å². The van der Waals surface area contributed by atoms with Crippen molar-refractivity contribution in [2.45, 2.75) is 13.3 Å². The second-order valence-corrected chi connectivity index (χ2v) is 5.16. The van der Waals surface area contributed by atoms with Gasteiger partial charge in [-0.3, -0.25) is 0 Å². The lowest BCUT2D eigenvalue weighted by atomic mass is 10.2. The minimum Gasteiger partial charge on any atom is -0.497 e. The Morgan fingerprint density at radius 3 is 2.56 bits per heavy atom. The van der Waals surface area contributed by atoms with E-state index in [0.717, 1.165) is 30.2 Å². The van der Waals surface area contributed by atoms with Gasteiger partial charge >= 0.3 is 0 Å². The van der Waals surface area contributed by atoms with Crippen molar-refractivity contribution in [3.05, 3.63) is 29.8 Å². The zero-order valence-electron chi connectivity index (χ0n) is 10.1. The third kappa shape index (κ3) is 4.90. The molecule has 1 rings (SSSR count). The van der Waals surface area contributed by atoms with Gasteiger partial charge in [-0.25, -0.2) is 0 Å². The first kappa shape index (κ1) is 13.4. The molecule has 3 heteroatoms. The maximum atomic E-state index is 5.57. The van der Waals surface area contributed by atoms with Gasteiger partial charge in [0.25, 0.3) is 0 Å². The minimum atomic E-state index is 0.626. The lowest BCUT2D eigenvalue weighted by Gasteiger charge is -2.07. The summed E-state index contributed by atoms with van der Waals surface area (Å²) in [5, 5.41) is 0. The van der Waals surface area contributed by atoms with Gasteiger partial charge in [-0.15, -0.1) is 0 Å². The summed E-state index contributed by atoms with van der Waals surface area (Å²) >= 11 is 1.98. The van der Waals surface area contributed by atoms with Crippen LogP contribution in [0.2, 0.25) is 0 Å². The van der Waals surface area contributed by atoms with Crippen molar-refractivity contribution in [2.24, 2.45) is 11.7 Å². The number of rotatable bonds is 7. The van der Waals surface area contributed by atoms with E-state index in [1.54, 1.807) is 7.11 Å². The zero-order chi connectivity index (χ0) is 11.8. The average Bonchev–Trinajstić information content (AvgIpc) is 2.35. The monoisotopic (exact) mass is 239 g/mol. The topological polar surface area (TPSA) is 35.2 Å². The summed E-state index contributed by atoms with van der Waals surface area (Å²) < 4.78 is 5.12. The molecule has 0 fully saturated rings. The Morgan fingerprint density at radius 1 is 1.31 bits per heavy atom. The van der Waals surface area contributed by atoms with Crippen LogP contribution in [0.25, 0.3) is 0 Å². The summed E-state index contributed by atoms with van der Waals surface area (Å²) in [4.78, 5) is 0. The second kappa shape index (κ2) is 7.58. The van der Waals surface area contributed by atoms with E-state index in [1.165, 1.54) is 5.56 Å². The SMILES string of the molecule is COc1ccc(CCSCC(C)CN)cc1. The van der Waals surface area contributed by atoms with Crippen LogP contribution in [-0.2, 0) is 6.42 Å². The van der Waals surface area contributed by atoms with E-state index in [2.05, 4.69) is 19.1 Å². The molecule has 0 radical (unpaired) electrons. The van der Waals surface area contributed by atoms with Crippen molar-refractivity contribution in [1.29, 1.82) is 0 Å². The number of hydrogen-bond donors (Lipinski definition) is 1. The highest BCUT2D eigenvalue weighted by Crippen LogP contribution is 2.14. The summed E-state index contributed by atoms with van der Waals surface area (Å²) in [6.07, 6.45) is 1.12. The van der Waals surface area contributed by atoms with Crippen LogP contribution in [0.1, 0.15) is 12.5 Å². The Labute approximate surface area is 103 Å². The van der Waals surface area contributed by atoms with Gasteiger partial charge in [-0.05, 0) is 48.1 Å². The Morgan fingerprint density at radius 2 is 2.00 bits per heavy atom. The molecule has 1 aromatic rings. The van der Waals surface area contributed by atoms with E-state index in [4.69, 9.17) is 10.5 Å². The molecular weight excluding hydrogens is 218 g/mol. The lowest BCUT2D eigenvalue weighted by Crippen LogP contribution is -2.13. The van der Waals surface area contributed by atoms with Gasteiger partial charge in [0.15, 0.2) is 0 Å². The largest absolute Gasteiger partial charge is 0.497 e. The van der Waals surface area contributed by atoms with Crippen molar-refractivity contribution >= 4 is 11.8 Å². The molecule has 1 atom stereocenters. The molecule has 90 valence electrons. The summed E-state index contributed by atoms with van der Waals surface area (Å²) in [7, 11) is 1.69. The number of benzene rings is 1. The first-order chi connectivity index (χ1) is 7.76. The molecule has 0 aliphatic heterocycles. The van der Waals surface area contributed by atoms with Crippen LogP contribution < -0.4 is 10.5 Å². The number of ether oxygens (including phenoxy) is 1. The zero-order valence-corrected chi connectivity index (χ0v) is 10.9. The third-order valence-electron chi connectivity index (χ3n) is 2.50. The maximum Gasteiger partial charge on any atom is 0.118 e. The first-order valence-electron chi connectivity index (χ1n) is 5.67. The third-order valence-corrected chi connectivity index (χ3v) is 3.80. The number of nitrogens with two attached hydrogens (primary N) is 1. The van der Waals surface area contributed by atoms with E-state index < -0.39 is 0 Å². The van der Waals surface area contributed by atoms with Crippen LogP contribution in [0.15, 0.2) is 24.3 Å². The van der Waals surface area contributed by atoms with Crippen LogP contribution >= 0.6 is 11.8 Å². The predicted molar refractivity (Wildman–Crippen MR) is 72.2 cm³/mol. The molecule has 0 aromatic heterocycles. The fourth-order valence-electron chi connectivity index (χ4n) is 1.33. The van der Waals surface area contributed by atoms with Gasteiger partial charge in [-0.2, -0.15) is 11.8 Å². The van der Waals surface area contributed by atoms with Crippen LogP contribution in [-0.4, -0.2) is 25.2 Å². The molecule has 0 heterocycles. The van der Waals surface area contributed by atoms with Gasteiger partial charge in [0.2, 0.25) is 0 Å². The standard InChI is InChI=1S/C13H21NOS/c1-11(9-14)10-16-8-7-12-3-5-13(15-2)6-4-12/h3-6,11H,7-10,14H2,1-2H3. The van der Waals surface area contributed by atoms with Gasteiger partial charge in [-0.1, -0.05) is 19.1 Å². The molecule has 2 nitrogen and oxygen atoms in total. The smallest absolute Gasteiger partial charge is 0.118 e. The van der Waals surface area contributed by atoms with Gasteiger partial charge in [0.1, 0.15) is 5.75 Å². The van der Waals surface area contributed by atoms with Crippen molar-refractivity contribution < 1.29 is 4.74 Å². The molecule has 0 spiro atoms. The molecule has 0 aliphatic rings. The molecule has 2 N–H and O–H groups in total. The molecule has 0 saturated carbocycles. The minimum absolute atomic E-state index is 0.626. The van der Waals surface area contributed by atoms with E-state index >= 15 is 0 Å². The maximum absolute atomic E-state index is 5.57. The second-order valence-electron chi connectivity index (χ2n) is 4.01. The molecule has 1 aromatic carbocycles. The average molecular weight is 239 g/mol. The number of thioether (sulfide) groups is 1. The first-order valence-corrected chi connectivity index (χ1v) is 6.82. The van der Waals surface area contributed by atoms with Gasteiger partial charge in [0.05, 0.1) is 7.11 Å². The van der Waals surface area contributed by atoms with E-state index in [0.29, 0.717) is 5.92 Å². The number of hydrogen-bond acceptors (Lipinski definition) is 3. The van der Waals surface area contributed by atoms with Crippen LogP contribution in [0, 0.1) is 5.92 Å². The van der Waals surface area contributed by atoms with Crippen LogP contribution in [0.5, 0.6) is 5.75 Å². The Balaban J connectivity index is 2.21. The summed E-state index contributed by atoms with van der Waals surface area (Å²) in [5.74, 6) is 3.87. The lowest BCUT2D eigenvalue weighted by molar-refractivity contribution is 0.414. The van der Waals surface area contributed by atoms with Crippen molar-refractivity contribution in [2.75, 3.05) is 25.2 Å². The van der Waals surface area contributed by atoms with Crippen LogP contribution in [0.3, 0.4) is 0 Å². The highest BCUT2D eigenvalue weighted by Gasteiger charge is 1.99. The fourth-order valence-corrected chi connectivity index (χ4v) is 2.42. The molecule has 1 unspecified atom stereocenters. The summed E-state index contributed by atoms with van der Waals surface area (Å²) in [5.41, 5.74) is 6.94. The van der Waals surface area contributed by atoms with Gasteiger partial charge < -0.3 is 10.5 Å². The highest BCUT2D eigenvalue weighted by molar-refractivity contribution is 7.99. The van der Waals surface area contributed by atoms with Crippen molar-refractivity contribution in [1.82, 2.24) is 0 Å². The van der Waals surface area contributed by atoms with Crippen molar-refractivity contribution in [3.63, 3.8) is 0 Å². The Hall–Kier alpha value is -0.670. The molecule has 0 amide bonds. The van der Waals surface area contributed by atoms with Crippen molar-refractivity contribution in [3.8, 4) is 5.75 Å². The molecule has 0 aliphatic carbocycles. The Kier molecular flexibility index (Phi) is 6.34. The molecular formula is C13H21NOS. The molecule has 16 heavy (non-hydrogen) atoms. The molecule has 0 saturated heterocycles. The predicted octanol–water partition coefficient (Wildman–Crippen LogP) is 2.57.